The predicted molar refractivity (Wildman–Crippen MR) is 85.2 cm³/mol. The summed E-state index contributed by atoms with van der Waals surface area (Å²) in [6.07, 6.45) is 3.42. The molecule has 0 amide bonds. The SMILES string of the molecule is [C-]#[N+]Cc1cn(-c2ccc(B3OC(C)(C)C(C)(C)O3)cn2)nn1. The molecule has 2 aromatic rings. The minimum atomic E-state index is -0.435. The largest absolute Gasteiger partial charge is 0.496 e. The van der Waals surface area contributed by atoms with E-state index in [9.17, 15) is 0 Å². The van der Waals surface area contributed by atoms with Gasteiger partial charge in [-0.25, -0.2) is 16.2 Å². The lowest BCUT2D eigenvalue weighted by Gasteiger charge is -2.32. The van der Waals surface area contributed by atoms with Crippen molar-refractivity contribution in [2.75, 3.05) is 0 Å². The van der Waals surface area contributed by atoms with Crippen LogP contribution in [0.25, 0.3) is 10.7 Å². The molecule has 2 aromatic heterocycles. The average Bonchev–Trinajstić information content (AvgIpc) is 3.03. The fourth-order valence-electron chi connectivity index (χ4n) is 2.22. The smallest absolute Gasteiger partial charge is 0.399 e. The van der Waals surface area contributed by atoms with Gasteiger partial charge in [-0.3, -0.25) is 0 Å². The first-order chi connectivity index (χ1) is 10.8. The molecule has 0 aliphatic carbocycles. The zero-order valence-corrected chi connectivity index (χ0v) is 13.6. The fraction of sp³-hybridized carbons (Fsp3) is 0.467. The number of pyridine rings is 1. The summed E-state index contributed by atoms with van der Waals surface area (Å²) in [5.74, 6) is 0.633. The van der Waals surface area contributed by atoms with Crippen LogP contribution in [0.15, 0.2) is 24.5 Å². The molecule has 1 saturated heterocycles. The van der Waals surface area contributed by atoms with Crippen molar-refractivity contribution in [3.8, 4) is 5.82 Å². The molecule has 0 saturated carbocycles. The van der Waals surface area contributed by atoms with E-state index in [2.05, 4.69) is 20.1 Å². The second-order valence-corrected chi connectivity index (χ2v) is 6.51. The van der Waals surface area contributed by atoms with Crippen molar-refractivity contribution in [3.05, 3.63) is 41.6 Å². The van der Waals surface area contributed by atoms with Gasteiger partial charge >= 0.3 is 7.12 Å². The zero-order chi connectivity index (χ0) is 16.7. The summed E-state index contributed by atoms with van der Waals surface area (Å²) in [5.41, 5.74) is 0.721. The summed E-state index contributed by atoms with van der Waals surface area (Å²) in [6.45, 7) is 15.1. The minimum Gasteiger partial charge on any atom is -0.399 e. The van der Waals surface area contributed by atoms with Crippen molar-refractivity contribution < 1.29 is 9.31 Å². The van der Waals surface area contributed by atoms with Crippen LogP contribution in [0, 0.1) is 6.57 Å². The quantitative estimate of drug-likeness (QED) is 0.633. The molecule has 0 radical (unpaired) electrons. The van der Waals surface area contributed by atoms with E-state index < -0.39 is 7.12 Å². The second-order valence-electron chi connectivity index (χ2n) is 6.51. The second kappa shape index (κ2) is 5.44. The maximum atomic E-state index is 6.85. The highest BCUT2D eigenvalue weighted by atomic mass is 16.7. The van der Waals surface area contributed by atoms with Crippen LogP contribution in [0.2, 0.25) is 0 Å². The van der Waals surface area contributed by atoms with E-state index >= 15 is 0 Å². The topological polar surface area (TPSA) is 66.4 Å². The van der Waals surface area contributed by atoms with Gasteiger partial charge in [0.15, 0.2) is 11.5 Å². The molecule has 7 nitrogen and oxygen atoms in total. The molecule has 3 rings (SSSR count). The van der Waals surface area contributed by atoms with Gasteiger partial charge in [-0.1, -0.05) is 11.3 Å². The third-order valence-corrected chi connectivity index (χ3v) is 4.31. The van der Waals surface area contributed by atoms with E-state index in [1.54, 1.807) is 17.1 Å². The van der Waals surface area contributed by atoms with E-state index in [0.717, 1.165) is 5.46 Å². The molecular weight excluding hydrogens is 293 g/mol. The molecule has 1 aliphatic rings. The third kappa shape index (κ3) is 2.85. The Labute approximate surface area is 135 Å². The Bertz CT molecular complexity index is 732. The Morgan fingerprint density at radius 1 is 1.22 bits per heavy atom. The van der Waals surface area contributed by atoms with Gasteiger partial charge in [0.25, 0.3) is 6.54 Å². The third-order valence-electron chi connectivity index (χ3n) is 4.31. The molecule has 8 heteroatoms. The van der Waals surface area contributed by atoms with E-state index in [1.807, 2.05) is 39.8 Å². The number of hydrogen-bond acceptors (Lipinski definition) is 5. The number of aromatic nitrogens is 4. The van der Waals surface area contributed by atoms with E-state index in [4.69, 9.17) is 15.9 Å². The van der Waals surface area contributed by atoms with Gasteiger partial charge in [-0.15, -0.1) is 5.10 Å². The summed E-state index contributed by atoms with van der Waals surface area (Å²) in [5, 5.41) is 7.91. The van der Waals surface area contributed by atoms with Crippen LogP contribution in [0.4, 0.5) is 0 Å². The number of hydrogen-bond donors (Lipinski definition) is 0. The molecule has 0 bridgehead atoms. The molecule has 3 heterocycles. The first-order valence-electron chi connectivity index (χ1n) is 7.39. The Hall–Kier alpha value is -2.24. The monoisotopic (exact) mass is 311 g/mol. The van der Waals surface area contributed by atoms with Crippen molar-refractivity contribution in [2.24, 2.45) is 0 Å². The Balaban J connectivity index is 1.79. The zero-order valence-electron chi connectivity index (χ0n) is 13.6. The predicted octanol–water partition coefficient (Wildman–Crippen LogP) is 1.38. The highest BCUT2D eigenvalue weighted by Gasteiger charge is 2.51. The minimum absolute atomic E-state index is 0.214. The molecular formula is C15H18BN5O2. The van der Waals surface area contributed by atoms with Gasteiger partial charge in [0.1, 0.15) is 0 Å². The molecule has 118 valence electrons. The molecule has 1 fully saturated rings. The summed E-state index contributed by atoms with van der Waals surface area (Å²) in [7, 11) is -0.435. The molecule has 0 aromatic carbocycles. The summed E-state index contributed by atoms with van der Waals surface area (Å²) in [6, 6.07) is 3.73. The lowest BCUT2D eigenvalue weighted by Crippen LogP contribution is -2.41. The van der Waals surface area contributed by atoms with Gasteiger partial charge in [0.2, 0.25) is 0 Å². The van der Waals surface area contributed by atoms with Crippen LogP contribution in [0.1, 0.15) is 33.4 Å². The van der Waals surface area contributed by atoms with Crippen LogP contribution in [0.3, 0.4) is 0 Å². The molecule has 23 heavy (non-hydrogen) atoms. The van der Waals surface area contributed by atoms with Crippen molar-refractivity contribution >= 4 is 12.6 Å². The maximum Gasteiger partial charge on any atom is 0.496 e. The van der Waals surface area contributed by atoms with Crippen molar-refractivity contribution in [2.45, 2.75) is 45.4 Å². The number of rotatable bonds is 3. The van der Waals surface area contributed by atoms with Gasteiger partial charge in [0.05, 0.1) is 17.4 Å². The summed E-state index contributed by atoms with van der Waals surface area (Å²) >= 11 is 0. The van der Waals surface area contributed by atoms with Crippen LogP contribution in [-0.4, -0.2) is 38.3 Å². The number of nitrogens with zero attached hydrogens (tertiary/aromatic N) is 5. The highest BCUT2D eigenvalue weighted by Crippen LogP contribution is 2.36. The summed E-state index contributed by atoms with van der Waals surface area (Å²) < 4.78 is 13.6. The lowest BCUT2D eigenvalue weighted by molar-refractivity contribution is 0.00578. The Kier molecular flexibility index (Phi) is 3.70. The molecule has 0 N–H and O–H groups in total. The normalized spacial score (nSPS) is 18.8. The Morgan fingerprint density at radius 3 is 2.48 bits per heavy atom. The first kappa shape index (κ1) is 15.7. The lowest BCUT2D eigenvalue weighted by atomic mass is 9.80. The summed E-state index contributed by atoms with van der Waals surface area (Å²) in [4.78, 5) is 7.67. The molecule has 0 unspecified atom stereocenters. The Morgan fingerprint density at radius 2 is 1.91 bits per heavy atom. The molecule has 0 atom stereocenters. The van der Waals surface area contributed by atoms with Crippen LogP contribution in [0.5, 0.6) is 0 Å². The van der Waals surface area contributed by atoms with Crippen molar-refractivity contribution in [1.29, 1.82) is 0 Å². The van der Waals surface area contributed by atoms with Crippen molar-refractivity contribution in [1.82, 2.24) is 20.0 Å². The van der Waals surface area contributed by atoms with Gasteiger partial charge in [0, 0.05) is 11.7 Å². The van der Waals surface area contributed by atoms with Crippen LogP contribution < -0.4 is 5.46 Å². The van der Waals surface area contributed by atoms with Crippen LogP contribution >= 0.6 is 0 Å². The van der Waals surface area contributed by atoms with E-state index in [1.165, 1.54) is 0 Å². The van der Waals surface area contributed by atoms with Crippen LogP contribution in [-0.2, 0) is 15.9 Å². The van der Waals surface area contributed by atoms with Crippen molar-refractivity contribution in [3.63, 3.8) is 0 Å². The first-order valence-corrected chi connectivity index (χ1v) is 7.39. The highest BCUT2D eigenvalue weighted by molar-refractivity contribution is 6.62. The van der Waals surface area contributed by atoms with Gasteiger partial charge in [-0.2, -0.15) is 0 Å². The fourth-order valence-corrected chi connectivity index (χ4v) is 2.22. The maximum absolute atomic E-state index is 6.85. The van der Waals surface area contributed by atoms with E-state index in [-0.39, 0.29) is 17.7 Å². The standard InChI is InChI=1S/C15H18BN5O2/c1-14(2)15(3,4)23-16(22-14)11-6-7-13(18-8-11)21-10-12(9-17-5)19-20-21/h6-8,10H,9H2,1-4H3. The van der Waals surface area contributed by atoms with E-state index in [0.29, 0.717) is 11.5 Å². The average molecular weight is 311 g/mol. The molecule has 0 spiro atoms. The molecule has 1 aliphatic heterocycles. The van der Waals surface area contributed by atoms with Gasteiger partial charge < -0.3 is 14.2 Å². The van der Waals surface area contributed by atoms with Gasteiger partial charge in [-0.05, 0) is 33.8 Å².